The Balaban J connectivity index is 2.67. The summed E-state index contributed by atoms with van der Waals surface area (Å²) in [5.41, 5.74) is 5.94. The zero-order chi connectivity index (χ0) is 14.3. The van der Waals surface area contributed by atoms with E-state index in [1.165, 1.54) is 6.08 Å². The van der Waals surface area contributed by atoms with Crippen molar-refractivity contribution in [2.45, 2.75) is 6.42 Å². The summed E-state index contributed by atoms with van der Waals surface area (Å²) < 4.78 is 0. The molecule has 0 radical (unpaired) electrons. The number of carbonyl (C=O) groups excluding carboxylic acids is 2. The summed E-state index contributed by atoms with van der Waals surface area (Å²) in [7, 11) is 0. The molecule has 0 fully saturated rings. The molecule has 0 heterocycles. The van der Waals surface area contributed by atoms with Gasteiger partial charge in [-0.05, 0) is 23.8 Å². The number of nitrogens with one attached hydrogen (secondary N) is 1. The first kappa shape index (κ1) is 14.4. The van der Waals surface area contributed by atoms with E-state index in [4.69, 9.17) is 10.8 Å². The van der Waals surface area contributed by atoms with Gasteiger partial charge in [0, 0.05) is 24.6 Å². The first-order chi connectivity index (χ1) is 8.99. The molecule has 0 aliphatic heterocycles. The van der Waals surface area contributed by atoms with Crippen molar-refractivity contribution in [3.63, 3.8) is 0 Å². The molecule has 1 rings (SSSR count). The number of hydrogen-bond acceptors (Lipinski definition) is 3. The summed E-state index contributed by atoms with van der Waals surface area (Å²) in [6.07, 6.45) is 2.46. The van der Waals surface area contributed by atoms with Crippen molar-refractivity contribution in [2.24, 2.45) is 5.73 Å². The van der Waals surface area contributed by atoms with Gasteiger partial charge in [-0.1, -0.05) is 12.1 Å². The number of primary amides is 1. The number of carboxylic acid groups (broad SMARTS) is 1. The van der Waals surface area contributed by atoms with Gasteiger partial charge in [-0.25, -0.2) is 4.79 Å². The number of carbonyl (C=O) groups is 3. The van der Waals surface area contributed by atoms with Crippen LogP contribution in [0.2, 0.25) is 0 Å². The van der Waals surface area contributed by atoms with E-state index in [0.717, 1.165) is 6.08 Å². The molecule has 0 aromatic heterocycles. The van der Waals surface area contributed by atoms with Crippen molar-refractivity contribution in [1.82, 2.24) is 5.32 Å². The molecule has 100 valence electrons. The second kappa shape index (κ2) is 6.95. The number of benzene rings is 1. The fourth-order valence-electron chi connectivity index (χ4n) is 1.35. The van der Waals surface area contributed by atoms with Crippen LogP contribution in [0.25, 0.3) is 6.08 Å². The Morgan fingerprint density at radius 1 is 1.32 bits per heavy atom. The second-order valence-corrected chi connectivity index (χ2v) is 3.77. The van der Waals surface area contributed by atoms with Crippen LogP contribution in [0.1, 0.15) is 22.3 Å². The van der Waals surface area contributed by atoms with Gasteiger partial charge in [0.1, 0.15) is 0 Å². The monoisotopic (exact) mass is 262 g/mol. The molecule has 6 nitrogen and oxygen atoms in total. The topological polar surface area (TPSA) is 109 Å². The van der Waals surface area contributed by atoms with Gasteiger partial charge in [0.05, 0.1) is 0 Å². The largest absolute Gasteiger partial charge is 0.478 e. The van der Waals surface area contributed by atoms with Gasteiger partial charge in [-0.3, -0.25) is 9.59 Å². The molecule has 4 N–H and O–H groups in total. The highest BCUT2D eigenvalue weighted by molar-refractivity contribution is 5.95. The predicted molar refractivity (Wildman–Crippen MR) is 69.3 cm³/mol. The van der Waals surface area contributed by atoms with Crippen LogP contribution in [-0.4, -0.2) is 29.4 Å². The molecule has 0 unspecified atom stereocenters. The van der Waals surface area contributed by atoms with E-state index in [9.17, 15) is 14.4 Å². The molecule has 1 aromatic rings. The fourth-order valence-corrected chi connectivity index (χ4v) is 1.35. The maximum atomic E-state index is 11.7. The number of nitrogens with two attached hydrogens (primary N) is 1. The fraction of sp³-hybridized carbons (Fsp3) is 0.154. The summed E-state index contributed by atoms with van der Waals surface area (Å²) >= 11 is 0. The first-order valence-electron chi connectivity index (χ1n) is 5.56. The Hall–Kier alpha value is -2.63. The van der Waals surface area contributed by atoms with Crippen LogP contribution in [0.3, 0.4) is 0 Å². The van der Waals surface area contributed by atoms with Crippen LogP contribution in [-0.2, 0) is 9.59 Å². The zero-order valence-electron chi connectivity index (χ0n) is 10.1. The van der Waals surface area contributed by atoms with Crippen molar-refractivity contribution in [2.75, 3.05) is 6.54 Å². The molecular weight excluding hydrogens is 248 g/mol. The van der Waals surface area contributed by atoms with Crippen LogP contribution in [0, 0.1) is 0 Å². The van der Waals surface area contributed by atoms with Crippen LogP contribution < -0.4 is 11.1 Å². The molecule has 0 spiro atoms. The summed E-state index contributed by atoms with van der Waals surface area (Å²) in [5, 5.41) is 11.1. The first-order valence-corrected chi connectivity index (χ1v) is 5.56. The number of rotatable bonds is 6. The highest BCUT2D eigenvalue weighted by atomic mass is 16.4. The minimum absolute atomic E-state index is 0.0738. The van der Waals surface area contributed by atoms with Gasteiger partial charge in [0.2, 0.25) is 5.91 Å². The average Bonchev–Trinajstić information content (AvgIpc) is 2.36. The Labute approximate surface area is 109 Å². The minimum atomic E-state index is -1.06. The zero-order valence-corrected chi connectivity index (χ0v) is 10.1. The van der Waals surface area contributed by atoms with Gasteiger partial charge in [0.15, 0.2) is 0 Å². The normalized spacial score (nSPS) is 10.3. The maximum absolute atomic E-state index is 11.7. The Morgan fingerprint density at radius 2 is 2.05 bits per heavy atom. The third-order valence-corrected chi connectivity index (χ3v) is 2.22. The molecule has 19 heavy (non-hydrogen) atoms. The van der Waals surface area contributed by atoms with Crippen LogP contribution in [0.15, 0.2) is 30.3 Å². The molecule has 0 atom stereocenters. The lowest BCUT2D eigenvalue weighted by molar-refractivity contribution is -0.131. The highest BCUT2D eigenvalue weighted by Crippen LogP contribution is 2.07. The molecule has 1 aromatic carbocycles. The van der Waals surface area contributed by atoms with Gasteiger partial charge in [-0.15, -0.1) is 0 Å². The summed E-state index contributed by atoms with van der Waals surface area (Å²) in [6.45, 7) is 0.170. The van der Waals surface area contributed by atoms with Gasteiger partial charge >= 0.3 is 5.97 Å². The molecule has 6 heteroatoms. The smallest absolute Gasteiger partial charge is 0.328 e. The van der Waals surface area contributed by atoms with E-state index in [0.29, 0.717) is 11.1 Å². The predicted octanol–water partition coefficient (Wildman–Crippen LogP) is 0.390. The number of hydrogen-bond donors (Lipinski definition) is 3. The third-order valence-electron chi connectivity index (χ3n) is 2.22. The lowest BCUT2D eigenvalue weighted by Gasteiger charge is -2.04. The lowest BCUT2D eigenvalue weighted by atomic mass is 10.1. The van der Waals surface area contributed by atoms with E-state index < -0.39 is 11.9 Å². The van der Waals surface area contributed by atoms with Crippen LogP contribution in [0.4, 0.5) is 0 Å². The molecule has 2 amide bonds. The number of amides is 2. The van der Waals surface area contributed by atoms with Gasteiger partial charge in [-0.2, -0.15) is 0 Å². The van der Waals surface area contributed by atoms with Crippen LogP contribution >= 0.6 is 0 Å². The van der Waals surface area contributed by atoms with E-state index >= 15 is 0 Å². The highest BCUT2D eigenvalue weighted by Gasteiger charge is 2.05. The SMILES string of the molecule is NC(=O)CCNC(=O)c1cccc(C=CC(=O)O)c1. The molecule has 0 aliphatic rings. The van der Waals surface area contributed by atoms with E-state index in [1.807, 2.05) is 0 Å². The Kier molecular flexibility index (Phi) is 5.28. The van der Waals surface area contributed by atoms with Gasteiger partial charge < -0.3 is 16.2 Å². The van der Waals surface area contributed by atoms with Crippen molar-refractivity contribution in [3.8, 4) is 0 Å². The quantitative estimate of drug-likeness (QED) is 0.644. The number of carboxylic acids is 1. The minimum Gasteiger partial charge on any atom is -0.478 e. The molecule has 0 saturated carbocycles. The van der Waals surface area contributed by atoms with Crippen molar-refractivity contribution in [1.29, 1.82) is 0 Å². The van der Waals surface area contributed by atoms with E-state index in [2.05, 4.69) is 5.32 Å². The molecule has 0 aliphatic carbocycles. The van der Waals surface area contributed by atoms with E-state index in [1.54, 1.807) is 24.3 Å². The number of aliphatic carboxylic acids is 1. The van der Waals surface area contributed by atoms with Crippen molar-refractivity contribution in [3.05, 3.63) is 41.5 Å². The molecule has 0 bridgehead atoms. The van der Waals surface area contributed by atoms with Crippen LogP contribution in [0.5, 0.6) is 0 Å². The molecular formula is C13H14N2O4. The summed E-state index contributed by atoms with van der Waals surface area (Å²) in [5.74, 6) is -1.89. The molecule has 0 saturated heterocycles. The standard InChI is InChI=1S/C13H14N2O4/c14-11(16)6-7-15-13(19)10-3-1-2-9(8-10)4-5-12(17)18/h1-5,8H,6-7H2,(H2,14,16)(H,15,19)(H,17,18). The Morgan fingerprint density at radius 3 is 2.68 bits per heavy atom. The average molecular weight is 262 g/mol. The van der Waals surface area contributed by atoms with Crippen molar-refractivity contribution < 1.29 is 19.5 Å². The summed E-state index contributed by atoms with van der Waals surface area (Å²) in [4.78, 5) is 32.6. The maximum Gasteiger partial charge on any atom is 0.328 e. The van der Waals surface area contributed by atoms with Crippen molar-refractivity contribution >= 4 is 23.9 Å². The third kappa shape index (κ3) is 5.49. The van der Waals surface area contributed by atoms with Gasteiger partial charge in [0.25, 0.3) is 5.91 Å². The Bertz CT molecular complexity index is 523. The lowest BCUT2D eigenvalue weighted by Crippen LogP contribution is -2.27. The second-order valence-electron chi connectivity index (χ2n) is 3.77. The van der Waals surface area contributed by atoms with E-state index in [-0.39, 0.29) is 18.9 Å². The summed E-state index contributed by atoms with van der Waals surface area (Å²) in [6, 6.07) is 6.47.